The van der Waals surface area contributed by atoms with Gasteiger partial charge in [0.25, 0.3) is 5.69 Å². The van der Waals surface area contributed by atoms with E-state index < -0.39 is 10.9 Å². The zero-order valence-electron chi connectivity index (χ0n) is 22.6. The molecule has 8 heteroatoms. The molecule has 0 unspecified atom stereocenters. The number of esters is 1. The number of carbonyl (C=O) groups is 1. The Hall–Kier alpha value is -5.63. The molecule has 5 aromatic rings. The number of benzene rings is 5. The molecule has 0 saturated carbocycles. The van der Waals surface area contributed by atoms with Gasteiger partial charge < -0.3 is 18.9 Å². The molecule has 0 saturated heterocycles. The molecule has 0 atom stereocenters. The molecule has 210 valence electrons. The summed E-state index contributed by atoms with van der Waals surface area (Å²) in [4.78, 5) is 23.7. The number of non-ortho nitro benzene ring substituents is 1. The first kappa shape index (κ1) is 27.9. The maximum atomic E-state index is 13.3. The lowest BCUT2D eigenvalue weighted by atomic mass is 10.1. The molecule has 0 N–H and O–H groups in total. The molecule has 0 radical (unpaired) electrons. The van der Waals surface area contributed by atoms with Crippen LogP contribution < -0.4 is 18.9 Å². The molecule has 5 aromatic carbocycles. The fraction of sp³-hybridized carbons (Fsp3) is 0.0882. The van der Waals surface area contributed by atoms with Gasteiger partial charge in [0.1, 0.15) is 25.6 Å². The van der Waals surface area contributed by atoms with Crippen LogP contribution >= 0.6 is 0 Å². The third-order valence-corrected chi connectivity index (χ3v) is 6.21. The van der Waals surface area contributed by atoms with E-state index in [1.807, 2.05) is 91.0 Å². The Balaban J connectivity index is 1.48. The van der Waals surface area contributed by atoms with Crippen LogP contribution in [0.25, 0.3) is 0 Å². The number of nitrogens with zero attached hydrogens (tertiary/aromatic N) is 1. The van der Waals surface area contributed by atoms with Crippen molar-refractivity contribution in [3.63, 3.8) is 0 Å². The fourth-order valence-corrected chi connectivity index (χ4v) is 4.05. The first-order valence-corrected chi connectivity index (χ1v) is 13.2. The van der Waals surface area contributed by atoms with Gasteiger partial charge in [-0.25, -0.2) is 4.79 Å². The van der Waals surface area contributed by atoms with E-state index in [0.717, 1.165) is 16.7 Å². The second-order valence-corrected chi connectivity index (χ2v) is 9.26. The van der Waals surface area contributed by atoms with Crippen molar-refractivity contribution < 1.29 is 28.7 Å². The van der Waals surface area contributed by atoms with Crippen LogP contribution in [0.2, 0.25) is 0 Å². The molecule has 0 spiro atoms. The normalized spacial score (nSPS) is 10.5. The second-order valence-electron chi connectivity index (χ2n) is 9.26. The lowest BCUT2D eigenvalue weighted by molar-refractivity contribution is -0.384. The maximum Gasteiger partial charge on any atom is 0.343 e. The molecule has 0 aromatic heterocycles. The molecule has 0 amide bonds. The van der Waals surface area contributed by atoms with Crippen LogP contribution in [0, 0.1) is 10.1 Å². The summed E-state index contributed by atoms with van der Waals surface area (Å²) < 4.78 is 24.2. The first-order valence-electron chi connectivity index (χ1n) is 13.2. The van der Waals surface area contributed by atoms with Gasteiger partial charge in [-0.1, -0.05) is 91.0 Å². The average molecular weight is 562 g/mol. The van der Waals surface area contributed by atoms with E-state index >= 15 is 0 Å². The van der Waals surface area contributed by atoms with Crippen LogP contribution in [0.1, 0.15) is 27.0 Å². The molecule has 8 nitrogen and oxygen atoms in total. The summed E-state index contributed by atoms with van der Waals surface area (Å²) in [7, 11) is 0. The standard InChI is InChI=1S/C34H27NO7/c36-34(42-30-18-16-29(17-19-30)35(37)38)28-20-31(39-22-25-10-4-1-5-11-25)33(41-24-27-14-8-3-9-15-27)32(21-28)40-23-26-12-6-2-7-13-26/h1-21H,22-24H2. The Morgan fingerprint density at radius 1 is 0.595 bits per heavy atom. The number of nitro groups is 1. The van der Waals surface area contributed by atoms with Gasteiger partial charge in [-0.2, -0.15) is 0 Å². The first-order chi connectivity index (χ1) is 20.5. The summed E-state index contributed by atoms with van der Waals surface area (Å²) in [5.74, 6) is 0.422. The average Bonchev–Trinajstić information content (AvgIpc) is 3.03. The zero-order valence-corrected chi connectivity index (χ0v) is 22.6. The number of nitro benzene ring substituents is 1. The fourth-order valence-electron chi connectivity index (χ4n) is 4.05. The van der Waals surface area contributed by atoms with Crippen LogP contribution in [-0.4, -0.2) is 10.9 Å². The van der Waals surface area contributed by atoms with E-state index in [2.05, 4.69) is 0 Å². The maximum absolute atomic E-state index is 13.3. The van der Waals surface area contributed by atoms with E-state index in [0.29, 0.717) is 17.2 Å². The zero-order chi connectivity index (χ0) is 29.1. The van der Waals surface area contributed by atoms with Crippen molar-refractivity contribution in [1.82, 2.24) is 0 Å². The van der Waals surface area contributed by atoms with Crippen molar-refractivity contribution in [2.75, 3.05) is 0 Å². The van der Waals surface area contributed by atoms with E-state index in [1.165, 1.54) is 24.3 Å². The minimum absolute atomic E-state index is 0.108. The molecule has 0 aliphatic heterocycles. The van der Waals surface area contributed by atoms with E-state index in [4.69, 9.17) is 18.9 Å². The van der Waals surface area contributed by atoms with E-state index in [1.54, 1.807) is 12.1 Å². The molecule has 0 fully saturated rings. The minimum Gasteiger partial charge on any atom is -0.485 e. The second kappa shape index (κ2) is 13.6. The highest BCUT2D eigenvalue weighted by Crippen LogP contribution is 2.41. The topological polar surface area (TPSA) is 97.1 Å². The molecule has 0 aliphatic carbocycles. The largest absolute Gasteiger partial charge is 0.485 e. The highest BCUT2D eigenvalue weighted by molar-refractivity contribution is 5.92. The van der Waals surface area contributed by atoms with Gasteiger partial charge in [-0.15, -0.1) is 0 Å². The number of hydrogen-bond acceptors (Lipinski definition) is 7. The van der Waals surface area contributed by atoms with Crippen LogP contribution in [0.4, 0.5) is 5.69 Å². The monoisotopic (exact) mass is 561 g/mol. The Morgan fingerprint density at radius 2 is 1.02 bits per heavy atom. The van der Waals surface area contributed by atoms with Gasteiger partial charge in [0.15, 0.2) is 11.5 Å². The summed E-state index contributed by atoms with van der Waals surface area (Å²) in [6.07, 6.45) is 0. The van der Waals surface area contributed by atoms with Gasteiger partial charge >= 0.3 is 5.97 Å². The van der Waals surface area contributed by atoms with Gasteiger partial charge in [0.05, 0.1) is 10.5 Å². The quantitative estimate of drug-likeness (QED) is 0.0671. The molecule has 5 rings (SSSR count). The number of rotatable bonds is 12. The number of carbonyl (C=O) groups excluding carboxylic acids is 1. The molecular formula is C34H27NO7. The predicted molar refractivity (Wildman–Crippen MR) is 157 cm³/mol. The van der Waals surface area contributed by atoms with Gasteiger partial charge in [0.2, 0.25) is 5.75 Å². The lowest BCUT2D eigenvalue weighted by Crippen LogP contribution is -2.11. The Labute approximate surface area is 242 Å². The highest BCUT2D eigenvalue weighted by Gasteiger charge is 2.21. The van der Waals surface area contributed by atoms with E-state index in [9.17, 15) is 14.9 Å². The van der Waals surface area contributed by atoms with Crippen LogP contribution in [-0.2, 0) is 19.8 Å². The van der Waals surface area contributed by atoms with Crippen molar-refractivity contribution >= 4 is 11.7 Å². The third-order valence-electron chi connectivity index (χ3n) is 6.21. The molecule has 0 bridgehead atoms. The minimum atomic E-state index is -0.687. The van der Waals surface area contributed by atoms with Gasteiger partial charge in [-0.05, 0) is 41.0 Å². The Morgan fingerprint density at radius 3 is 1.45 bits per heavy atom. The number of ether oxygens (including phenoxy) is 4. The lowest BCUT2D eigenvalue weighted by Gasteiger charge is -2.19. The van der Waals surface area contributed by atoms with Gasteiger partial charge in [0, 0.05) is 12.1 Å². The Bertz CT molecular complexity index is 1560. The summed E-state index contributed by atoms with van der Waals surface area (Å²) in [5.41, 5.74) is 2.85. The van der Waals surface area contributed by atoms with Crippen LogP contribution in [0.15, 0.2) is 127 Å². The molecule has 0 heterocycles. The van der Waals surface area contributed by atoms with Crippen molar-refractivity contribution in [3.8, 4) is 23.0 Å². The highest BCUT2D eigenvalue weighted by atomic mass is 16.6. The van der Waals surface area contributed by atoms with Gasteiger partial charge in [-0.3, -0.25) is 10.1 Å². The molecule has 0 aliphatic rings. The summed E-state index contributed by atoms with van der Waals surface area (Å²) in [5, 5.41) is 11.0. The van der Waals surface area contributed by atoms with Crippen LogP contribution in [0.5, 0.6) is 23.0 Å². The summed E-state index contributed by atoms with van der Waals surface area (Å²) >= 11 is 0. The molecular weight excluding hydrogens is 534 g/mol. The van der Waals surface area contributed by atoms with Crippen molar-refractivity contribution in [1.29, 1.82) is 0 Å². The number of hydrogen-bond donors (Lipinski definition) is 0. The SMILES string of the molecule is O=C(Oc1ccc([N+](=O)[O-])cc1)c1cc(OCc2ccccc2)c(OCc2ccccc2)c(OCc2ccccc2)c1. The van der Waals surface area contributed by atoms with Crippen molar-refractivity contribution in [2.24, 2.45) is 0 Å². The third kappa shape index (κ3) is 7.51. The predicted octanol–water partition coefficient (Wildman–Crippen LogP) is 7.55. The van der Waals surface area contributed by atoms with Crippen LogP contribution in [0.3, 0.4) is 0 Å². The van der Waals surface area contributed by atoms with E-state index in [-0.39, 0.29) is 36.8 Å². The van der Waals surface area contributed by atoms with Crippen molar-refractivity contribution in [2.45, 2.75) is 19.8 Å². The summed E-state index contributed by atoms with van der Waals surface area (Å²) in [6.45, 7) is 0.694. The smallest absolute Gasteiger partial charge is 0.343 e. The molecule has 42 heavy (non-hydrogen) atoms. The van der Waals surface area contributed by atoms with Crippen molar-refractivity contribution in [3.05, 3.63) is 160 Å². The Kier molecular flexibility index (Phi) is 9.06. The summed E-state index contributed by atoms with van der Waals surface area (Å²) in [6, 6.07) is 37.3.